The summed E-state index contributed by atoms with van der Waals surface area (Å²) in [6, 6.07) is 0.502. The topological polar surface area (TPSA) is 32.7 Å². The number of rotatable bonds is 4. The van der Waals surface area contributed by atoms with Gasteiger partial charge in [-0.1, -0.05) is 19.8 Å². The Morgan fingerprint density at radius 3 is 2.71 bits per heavy atom. The van der Waals surface area contributed by atoms with E-state index < -0.39 is 0 Å². The summed E-state index contributed by atoms with van der Waals surface area (Å²) in [6.07, 6.45) is 6.35. The normalized spacial score (nSPS) is 34.1. The number of aliphatic hydroxyl groups is 1. The Hall–Kier alpha value is -0.120. The average Bonchev–Trinajstić information content (AvgIpc) is 2.83. The molecule has 3 unspecified atom stereocenters. The van der Waals surface area contributed by atoms with Gasteiger partial charge >= 0.3 is 0 Å². The number of hydrogen-bond acceptors (Lipinski definition) is 3. The number of ether oxygens (including phenoxy) is 1. The molecule has 1 aliphatic carbocycles. The van der Waals surface area contributed by atoms with Crippen LogP contribution < -0.4 is 0 Å². The molecule has 0 radical (unpaired) electrons. The minimum absolute atomic E-state index is 0.128. The van der Waals surface area contributed by atoms with Gasteiger partial charge in [-0.25, -0.2) is 0 Å². The summed E-state index contributed by atoms with van der Waals surface area (Å²) in [4.78, 5) is 2.44. The van der Waals surface area contributed by atoms with Gasteiger partial charge in [0.05, 0.1) is 18.8 Å². The summed E-state index contributed by atoms with van der Waals surface area (Å²) in [5.41, 5.74) is 0. The minimum Gasteiger partial charge on any atom is -0.392 e. The summed E-state index contributed by atoms with van der Waals surface area (Å²) in [6.45, 7) is 6.98. The lowest BCUT2D eigenvalue weighted by Crippen LogP contribution is -2.51. The van der Waals surface area contributed by atoms with Crippen molar-refractivity contribution >= 4 is 0 Å². The van der Waals surface area contributed by atoms with E-state index in [1.54, 1.807) is 0 Å². The maximum atomic E-state index is 10.3. The van der Waals surface area contributed by atoms with Crippen molar-refractivity contribution < 1.29 is 9.84 Å². The molecule has 0 spiro atoms. The molecule has 1 saturated carbocycles. The molecule has 3 heteroatoms. The second-order valence-corrected chi connectivity index (χ2v) is 5.77. The molecule has 3 atom stereocenters. The highest BCUT2D eigenvalue weighted by atomic mass is 16.5. The predicted octanol–water partition coefficient (Wildman–Crippen LogP) is 2.04. The molecular weight excluding hydrogens is 214 g/mol. The van der Waals surface area contributed by atoms with Crippen LogP contribution in [0.1, 0.15) is 46.0 Å². The van der Waals surface area contributed by atoms with Crippen LogP contribution in [0.4, 0.5) is 0 Å². The van der Waals surface area contributed by atoms with E-state index in [4.69, 9.17) is 4.74 Å². The van der Waals surface area contributed by atoms with Gasteiger partial charge in [-0.15, -0.1) is 0 Å². The van der Waals surface area contributed by atoms with E-state index in [-0.39, 0.29) is 6.10 Å². The Morgan fingerprint density at radius 2 is 2.06 bits per heavy atom. The Balaban J connectivity index is 1.85. The van der Waals surface area contributed by atoms with Crippen molar-refractivity contribution in [2.45, 2.75) is 64.2 Å². The van der Waals surface area contributed by atoms with Gasteiger partial charge in [0.25, 0.3) is 0 Å². The quantitative estimate of drug-likeness (QED) is 0.817. The van der Waals surface area contributed by atoms with Crippen LogP contribution in [0.15, 0.2) is 0 Å². The third kappa shape index (κ3) is 3.43. The van der Waals surface area contributed by atoms with Crippen molar-refractivity contribution in [1.82, 2.24) is 4.90 Å². The molecule has 0 aromatic carbocycles. The number of hydrogen-bond donors (Lipinski definition) is 1. The van der Waals surface area contributed by atoms with Gasteiger partial charge in [-0.3, -0.25) is 4.90 Å². The molecule has 0 aromatic rings. The molecule has 100 valence electrons. The van der Waals surface area contributed by atoms with E-state index in [0.717, 1.165) is 26.1 Å². The van der Waals surface area contributed by atoms with Gasteiger partial charge in [-0.2, -0.15) is 0 Å². The summed E-state index contributed by atoms with van der Waals surface area (Å²) < 4.78 is 5.70. The molecule has 0 aromatic heterocycles. The largest absolute Gasteiger partial charge is 0.392 e. The molecule has 0 bridgehead atoms. The lowest BCUT2D eigenvalue weighted by molar-refractivity contribution is -0.0729. The average molecular weight is 241 g/mol. The van der Waals surface area contributed by atoms with E-state index in [9.17, 15) is 5.11 Å². The first-order chi connectivity index (χ1) is 8.20. The third-order valence-electron chi connectivity index (χ3n) is 4.42. The first kappa shape index (κ1) is 13.3. The van der Waals surface area contributed by atoms with Crippen molar-refractivity contribution in [2.24, 2.45) is 5.92 Å². The number of morpholine rings is 1. The first-order valence-electron chi connectivity index (χ1n) is 7.24. The van der Waals surface area contributed by atoms with Crippen molar-refractivity contribution in [3.8, 4) is 0 Å². The Kier molecular flexibility index (Phi) is 4.83. The monoisotopic (exact) mass is 241 g/mol. The number of β-amino-alcohol motifs (C(OH)–C–C–N with tert-alkyl or cyclic N) is 1. The van der Waals surface area contributed by atoms with Crippen molar-refractivity contribution in [3.63, 3.8) is 0 Å². The van der Waals surface area contributed by atoms with Crippen LogP contribution in [0.25, 0.3) is 0 Å². The van der Waals surface area contributed by atoms with Crippen LogP contribution in [0.2, 0.25) is 0 Å². The molecule has 2 rings (SSSR count). The van der Waals surface area contributed by atoms with E-state index >= 15 is 0 Å². The molecule has 17 heavy (non-hydrogen) atoms. The summed E-state index contributed by atoms with van der Waals surface area (Å²) in [5, 5.41) is 10.3. The summed E-state index contributed by atoms with van der Waals surface area (Å²) >= 11 is 0. The molecule has 0 amide bonds. The maximum absolute atomic E-state index is 10.3. The van der Waals surface area contributed by atoms with Crippen LogP contribution >= 0.6 is 0 Å². The Bertz CT molecular complexity index is 228. The highest BCUT2D eigenvalue weighted by Crippen LogP contribution is 2.28. The van der Waals surface area contributed by atoms with Gasteiger partial charge in [0.2, 0.25) is 0 Å². The second kappa shape index (κ2) is 6.17. The standard InChI is InChI=1S/C14H27NO2/c1-3-13-10-17-11(2)8-15(13)9-14(16)12-6-4-5-7-12/h11-14,16H,3-10H2,1-2H3. The van der Waals surface area contributed by atoms with Gasteiger partial charge in [0.15, 0.2) is 0 Å². The fraction of sp³-hybridized carbons (Fsp3) is 1.00. The SMILES string of the molecule is CCC1COC(C)CN1CC(O)C1CCCC1. The van der Waals surface area contributed by atoms with Crippen LogP contribution in [-0.2, 0) is 4.74 Å². The molecule has 2 fully saturated rings. The fourth-order valence-corrected chi connectivity index (χ4v) is 3.24. The minimum atomic E-state index is -0.128. The zero-order chi connectivity index (χ0) is 12.3. The molecule has 2 aliphatic rings. The molecule has 1 aliphatic heterocycles. The fourth-order valence-electron chi connectivity index (χ4n) is 3.24. The lowest BCUT2D eigenvalue weighted by Gasteiger charge is -2.40. The highest BCUT2D eigenvalue weighted by Gasteiger charge is 2.30. The third-order valence-corrected chi connectivity index (χ3v) is 4.42. The van der Waals surface area contributed by atoms with Gasteiger partial charge in [0, 0.05) is 19.1 Å². The predicted molar refractivity (Wildman–Crippen MR) is 69.0 cm³/mol. The zero-order valence-corrected chi connectivity index (χ0v) is 11.3. The van der Waals surface area contributed by atoms with Gasteiger partial charge in [-0.05, 0) is 32.1 Å². The summed E-state index contributed by atoms with van der Waals surface area (Å²) in [5.74, 6) is 0.547. The molecule has 1 saturated heterocycles. The van der Waals surface area contributed by atoms with Gasteiger partial charge < -0.3 is 9.84 Å². The summed E-state index contributed by atoms with van der Waals surface area (Å²) in [7, 11) is 0. The lowest BCUT2D eigenvalue weighted by atomic mass is 9.99. The van der Waals surface area contributed by atoms with Crippen LogP contribution in [0.5, 0.6) is 0 Å². The van der Waals surface area contributed by atoms with E-state index in [0.29, 0.717) is 18.1 Å². The van der Waals surface area contributed by atoms with E-state index in [1.807, 2.05) is 0 Å². The Morgan fingerprint density at radius 1 is 1.35 bits per heavy atom. The van der Waals surface area contributed by atoms with Crippen molar-refractivity contribution in [3.05, 3.63) is 0 Å². The maximum Gasteiger partial charge on any atom is 0.0695 e. The van der Waals surface area contributed by atoms with Crippen LogP contribution in [-0.4, -0.2) is 48.0 Å². The van der Waals surface area contributed by atoms with Crippen molar-refractivity contribution in [2.75, 3.05) is 19.7 Å². The van der Waals surface area contributed by atoms with Crippen LogP contribution in [0, 0.1) is 5.92 Å². The van der Waals surface area contributed by atoms with Crippen molar-refractivity contribution in [1.29, 1.82) is 0 Å². The number of nitrogens with zero attached hydrogens (tertiary/aromatic N) is 1. The molecule has 1 heterocycles. The van der Waals surface area contributed by atoms with E-state index in [1.165, 1.54) is 25.7 Å². The smallest absolute Gasteiger partial charge is 0.0695 e. The molecule has 1 N–H and O–H groups in total. The van der Waals surface area contributed by atoms with E-state index in [2.05, 4.69) is 18.7 Å². The highest BCUT2D eigenvalue weighted by molar-refractivity contribution is 4.83. The first-order valence-corrected chi connectivity index (χ1v) is 7.24. The zero-order valence-electron chi connectivity index (χ0n) is 11.3. The van der Waals surface area contributed by atoms with Crippen LogP contribution in [0.3, 0.4) is 0 Å². The molecule has 3 nitrogen and oxygen atoms in total. The molecular formula is C14H27NO2. The van der Waals surface area contributed by atoms with Gasteiger partial charge in [0.1, 0.15) is 0 Å². The Labute approximate surface area is 105 Å². The second-order valence-electron chi connectivity index (χ2n) is 5.77. The number of aliphatic hydroxyl groups excluding tert-OH is 1.